The molecule has 0 fully saturated rings. The molecule has 3 rings (SSSR count). The fourth-order valence-electron chi connectivity index (χ4n) is 2.12. The number of carbonyl (C=O) groups excluding carboxylic acids is 1. The van der Waals surface area contributed by atoms with Crippen LogP contribution < -0.4 is 5.32 Å². The molecule has 0 spiro atoms. The second-order valence-electron chi connectivity index (χ2n) is 4.48. The van der Waals surface area contributed by atoms with Gasteiger partial charge in [0, 0.05) is 16.6 Å². The Morgan fingerprint density at radius 2 is 1.62 bits per heavy atom. The standard InChI is InChI=1S/C16H10Cl2N2O/c17-14-8-11(9-15(18)20-14)16(21)19-13-7-3-5-10-4-1-2-6-12(10)13/h1-9H,(H,19,21). The predicted octanol–water partition coefficient (Wildman–Crippen LogP) is 4.79. The summed E-state index contributed by atoms with van der Waals surface area (Å²) in [6, 6.07) is 16.5. The molecule has 0 radical (unpaired) electrons. The molecule has 0 aliphatic rings. The maximum Gasteiger partial charge on any atom is 0.255 e. The summed E-state index contributed by atoms with van der Waals surface area (Å²) < 4.78 is 0. The molecule has 104 valence electrons. The zero-order valence-corrected chi connectivity index (χ0v) is 12.3. The largest absolute Gasteiger partial charge is 0.321 e. The molecule has 1 N–H and O–H groups in total. The smallest absolute Gasteiger partial charge is 0.255 e. The molecule has 3 aromatic rings. The number of carbonyl (C=O) groups is 1. The van der Waals surface area contributed by atoms with E-state index in [2.05, 4.69) is 10.3 Å². The summed E-state index contributed by atoms with van der Waals surface area (Å²) in [4.78, 5) is 16.1. The molecule has 1 aromatic heterocycles. The summed E-state index contributed by atoms with van der Waals surface area (Å²) in [6.07, 6.45) is 0. The molecule has 3 nitrogen and oxygen atoms in total. The number of nitrogens with zero attached hydrogens (tertiary/aromatic N) is 1. The lowest BCUT2D eigenvalue weighted by Crippen LogP contribution is -2.12. The highest BCUT2D eigenvalue weighted by Crippen LogP contribution is 2.24. The number of pyridine rings is 1. The third-order valence-corrected chi connectivity index (χ3v) is 3.45. The number of anilines is 1. The van der Waals surface area contributed by atoms with Crippen LogP contribution >= 0.6 is 23.2 Å². The molecule has 21 heavy (non-hydrogen) atoms. The molecule has 1 amide bonds. The Bertz CT molecular complexity index is 808. The zero-order chi connectivity index (χ0) is 14.8. The van der Waals surface area contributed by atoms with Crippen LogP contribution in [0.1, 0.15) is 10.4 Å². The van der Waals surface area contributed by atoms with E-state index in [-0.39, 0.29) is 16.2 Å². The number of amides is 1. The number of nitrogens with one attached hydrogen (secondary N) is 1. The molecule has 0 unspecified atom stereocenters. The Kier molecular flexibility index (Phi) is 3.78. The van der Waals surface area contributed by atoms with Gasteiger partial charge in [-0.15, -0.1) is 0 Å². The van der Waals surface area contributed by atoms with Crippen LogP contribution in [0.3, 0.4) is 0 Å². The predicted molar refractivity (Wildman–Crippen MR) is 86.2 cm³/mol. The minimum Gasteiger partial charge on any atom is -0.321 e. The van der Waals surface area contributed by atoms with Crippen molar-refractivity contribution in [2.45, 2.75) is 0 Å². The van der Waals surface area contributed by atoms with Crippen LogP contribution in [-0.4, -0.2) is 10.9 Å². The molecule has 0 aliphatic carbocycles. The molecule has 0 saturated carbocycles. The average Bonchev–Trinajstić information content (AvgIpc) is 2.46. The highest BCUT2D eigenvalue weighted by molar-refractivity contribution is 6.33. The van der Waals surface area contributed by atoms with E-state index in [1.807, 2.05) is 42.5 Å². The van der Waals surface area contributed by atoms with Crippen LogP contribution in [0.2, 0.25) is 10.3 Å². The van der Waals surface area contributed by atoms with E-state index < -0.39 is 0 Å². The minimum atomic E-state index is -0.280. The third-order valence-electron chi connectivity index (χ3n) is 3.06. The van der Waals surface area contributed by atoms with Crippen LogP contribution in [0.4, 0.5) is 5.69 Å². The number of rotatable bonds is 2. The van der Waals surface area contributed by atoms with Crippen molar-refractivity contribution in [3.8, 4) is 0 Å². The van der Waals surface area contributed by atoms with E-state index in [0.29, 0.717) is 5.56 Å². The van der Waals surface area contributed by atoms with E-state index in [1.165, 1.54) is 12.1 Å². The summed E-state index contributed by atoms with van der Waals surface area (Å²) in [6.45, 7) is 0. The molecule has 0 atom stereocenters. The van der Waals surface area contributed by atoms with Crippen molar-refractivity contribution in [2.75, 3.05) is 5.32 Å². The first-order chi connectivity index (χ1) is 10.1. The monoisotopic (exact) mass is 316 g/mol. The lowest BCUT2D eigenvalue weighted by Gasteiger charge is -2.09. The number of hydrogen-bond donors (Lipinski definition) is 1. The van der Waals surface area contributed by atoms with E-state index in [9.17, 15) is 4.79 Å². The molecule has 0 bridgehead atoms. The normalized spacial score (nSPS) is 10.6. The zero-order valence-electron chi connectivity index (χ0n) is 10.8. The number of hydrogen-bond acceptors (Lipinski definition) is 2. The lowest BCUT2D eigenvalue weighted by atomic mass is 10.1. The second-order valence-corrected chi connectivity index (χ2v) is 5.26. The van der Waals surface area contributed by atoms with Crippen LogP contribution in [0.5, 0.6) is 0 Å². The summed E-state index contributed by atoms with van der Waals surface area (Å²) >= 11 is 11.6. The first-order valence-electron chi connectivity index (χ1n) is 6.26. The van der Waals surface area contributed by atoms with Crippen molar-refractivity contribution in [2.24, 2.45) is 0 Å². The molecule has 0 saturated heterocycles. The number of aromatic nitrogens is 1. The Balaban J connectivity index is 1.96. The fourth-order valence-corrected chi connectivity index (χ4v) is 2.59. The lowest BCUT2D eigenvalue weighted by molar-refractivity contribution is 0.102. The van der Waals surface area contributed by atoms with Gasteiger partial charge in [-0.05, 0) is 23.6 Å². The molecule has 1 heterocycles. The average molecular weight is 317 g/mol. The van der Waals surface area contributed by atoms with Crippen molar-refractivity contribution in [3.63, 3.8) is 0 Å². The Morgan fingerprint density at radius 1 is 0.952 bits per heavy atom. The van der Waals surface area contributed by atoms with Crippen molar-refractivity contribution in [1.29, 1.82) is 0 Å². The molecular formula is C16H10Cl2N2O. The molecular weight excluding hydrogens is 307 g/mol. The van der Waals surface area contributed by atoms with Gasteiger partial charge < -0.3 is 5.32 Å². The number of benzene rings is 2. The SMILES string of the molecule is O=C(Nc1cccc2ccccc12)c1cc(Cl)nc(Cl)c1. The van der Waals surface area contributed by atoms with Gasteiger partial charge >= 0.3 is 0 Å². The quantitative estimate of drug-likeness (QED) is 0.690. The Labute approximate surface area is 131 Å². The number of fused-ring (bicyclic) bond motifs is 1. The summed E-state index contributed by atoms with van der Waals surface area (Å²) in [5.74, 6) is -0.280. The van der Waals surface area contributed by atoms with Crippen molar-refractivity contribution >= 4 is 45.6 Å². The second kappa shape index (κ2) is 5.72. The Morgan fingerprint density at radius 3 is 2.38 bits per heavy atom. The van der Waals surface area contributed by atoms with Gasteiger partial charge in [-0.3, -0.25) is 4.79 Å². The summed E-state index contributed by atoms with van der Waals surface area (Å²) in [5.41, 5.74) is 1.11. The first-order valence-corrected chi connectivity index (χ1v) is 7.01. The van der Waals surface area contributed by atoms with Crippen LogP contribution in [-0.2, 0) is 0 Å². The van der Waals surface area contributed by atoms with Gasteiger partial charge in [-0.2, -0.15) is 0 Å². The fraction of sp³-hybridized carbons (Fsp3) is 0. The van der Waals surface area contributed by atoms with Gasteiger partial charge in [-0.25, -0.2) is 4.98 Å². The van der Waals surface area contributed by atoms with Gasteiger partial charge in [0.15, 0.2) is 0 Å². The van der Waals surface area contributed by atoms with Gasteiger partial charge in [-0.1, -0.05) is 59.6 Å². The van der Waals surface area contributed by atoms with E-state index in [1.54, 1.807) is 0 Å². The van der Waals surface area contributed by atoms with Crippen LogP contribution in [0.15, 0.2) is 54.6 Å². The maximum absolute atomic E-state index is 12.3. The minimum absolute atomic E-state index is 0.186. The van der Waals surface area contributed by atoms with Crippen molar-refractivity contribution < 1.29 is 4.79 Å². The van der Waals surface area contributed by atoms with Gasteiger partial charge in [0.25, 0.3) is 5.91 Å². The van der Waals surface area contributed by atoms with Crippen molar-refractivity contribution in [3.05, 3.63) is 70.5 Å². The first kappa shape index (κ1) is 13.9. The number of halogens is 2. The Hall–Kier alpha value is -2.10. The van der Waals surface area contributed by atoms with E-state index in [4.69, 9.17) is 23.2 Å². The van der Waals surface area contributed by atoms with E-state index >= 15 is 0 Å². The highest BCUT2D eigenvalue weighted by atomic mass is 35.5. The van der Waals surface area contributed by atoms with Crippen LogP contribution in [0.25, 0.3) is 10.8 Å². The molecule has 0 aliphatic heterocycles. The van der Waals surface area contributed by atoms with Gasteiger partial charge in [0.2, 0.25) is 0 Å². The third kappa shape index (κ3) is 2.99. The molecule has 2 aromatic carbocycles. The van der Waals surface area contributed by atoms with Crippen LogP contribution in [0, 0.1) is 0 Å². The van der Waals surface area contributed by atoms with Gasteiger partial charge in [0.1, 0.15) is 10.3 Å². The summed E-state index contributed by atoms with van der Waals surface area (Å²) in [5, 5.41) is 5.27. The maximum atomic E-state index is 12.3. The van der Waals surface area contributed by atoms with Gasteiger partial charge in [0.05, 0.1) is 0 Å². The van der Waals surface area contributed by atoms with Crippen molar-refractivity contribution in [1.82, 2.24) is 4.98 Å². The molecule has 5 heteroatoms. The van der Waals surface area contributed by atoms with E-state index in [0.717, 1.165) is 16.5 Å². The topological polar surface area (TPSA) is 42.0 Å². The highest BCUT2D eigenvalue weighted by Gasteiger charge is 2.10. The summed E-state index contributed by atoms with van der Waals surface area (Å²) in [7, 11) is 0.